The van der Waals surface area contributed by atoms with E-state index in [9.17, 15) is 31.2 Å². The average Bonchev–Trinajstić information content (AvgIpc) is 2.30. The molecule has 0 amide bonds. The minimum absolute atomic E-state index is 1.11. The summed E-state index contributed by atoms with van der Waals surface area (Å²) in [4.78, 5) is 12.1. The fraction of sp³-hybridized carbons (Fsp3) is 0. The van der Waals surface area contributed by atoms with Crippen LogP contribution in [-0.4, -0.2) is 9.77 Å². The fourth-order valence-corrected chi connectivity index (χ4v) is 1.22. The van der Waals surface area contributed by atoms with Gasteiger partial charge < -0.3 is 0 Å². The molecule has 0 N–H and O–H groups in total. The number of fused-ring (bicyclic) bond motifs is 1. The van der Waals surface area contributed by atoms with Gasteiger partial charge in [0.15, 0.2) is 17.3 Å². The molecule has 9 heteroatoms. The Balaban J connectivity index is 3.18. The van der Waals surface area contributed by atoms with Crippen LogP contribution in [0.5, 0.6) is 0 Å². The van der Waals surface area contributed by atoms with Crippen molar-refractivity contribution in [3.8, 4) is 0 Å². The third-order valence-electron chi connectivity index (χ3n) is 1.99. The van der Waals surface area contributed by atoms with E-state index >= 15 is 0 Å². The van der Waals surface area contributed by atoms with Crippen LogP contribution in [0.15, 0.2) is 4.79 Å². The maximum Gasteiger partial charge on any atom is 0.319 e. The van der Waals surface area contributed by atoms with E-state index in [0.29, 0.717) is 0 Å². The molecule has 0 aliphatic carbocycles. The van der Waals surface area contributed by atoms with Gasteiger partial charge in [-0.2, -0.15) is 18.2 Å². The van der Waals surface area contributed by atoms with E-state index in [1.165, 1.54) is 0 Å². The highest BCUT2D eigenvalue weighted by molar-refractivity contribution is 5.76. The number of nitrogens with zero attached hydrogens (tertiary/aromatic N) is 2. The molecule has 2 heterocycles. The number of pyridine rings is 2. The number of halogens is 6. The summed E-state index contributed by atoms with van der Waals surface area (Å²) in [5, 5.41) is -1.58. The van der Waals surface area contributed by atoms with Gasteiger partial charge in [0.2, 0.25) is 11.6 Å². The van der Waals surface area contributed by atoms with Crippen LogP contribution in [0.4, 0.5) is 26.4 Å². The molecule has 0 aliphatic heterocycles. The Kier molecular flexibility index (Phi) is 2.33. The van der Waals surface area contributed by atoms with Gasteiger partial charge in [-0.15, -0.1) is 4.79 Å². The van der Waals surface area contributed by atoms with Crippen LogP contribution in [0.1, 0.15) is 0 Å². The molecule has 0 unspecified atom stereocenters. The van der Waals surface area contributed by atoms with Crippen molar-refractivity contribution in [2.75, 3.05) is 0 Å². The van der Waals surface area contributed by atoms with E-state index in [1.54, 1.807) is 0 Å². The number of aromatic nitrogens is 2. The zero-order valence-electron chi connectivity index (χ0n) is 7.57. The van der Waals surface area contributed by atoms with Gasteiger partial charge in [-0.1, -0.05) is 4.48 Å². The maximum absolute atomic E-state index is 13.1. The van der Waals surface area contributed by atoms with E-state index in [-0.39, 0.29) is 0 Å². The van der Waals surface area contributed by atoms with Crippen molar-refractivity contribution in [3.05, 3.63) is 39.6 Å². The van der Waals surface area contributed by atoms with Crippen molar-refractivity contribution < 1.29 is 26.4 Å². The first kappa shape index (κ1) is 11.4. The Hall–Kier alpha value is -2.06. The molecular weight excluding hydrogens is 254 g/mol. The Morgan fingerprint density at radius 3 is 2.00 bits per heavy atom. The Morgan fingerprint density at radius 1 is 0.882 bits per heavy atom. The van der Waals surface area contributed by atoms with Crippen LogP contribution in [0.25, 0.3) is 11.0 Å². The lowest BCUT2D eigenvalue weighted by Crippen LogP contribution is -2.22. The molecule has 17 heavy (non-hydrogen) atoms. The summed E-state index contributed by atoms with van der Waals surface area (Å²) in [6.45, 7) is 0. The van der Waals surface area contributed by atoms with Gasteiger partial charge in [-0.3, -0.25) is 4.79 Å². The Labute approximate surface area is 87.9 Å². The first-order chi connectivity index (χ1) is 7.86. The summed E-state index contributed by atoms with van der Waals surface area (Å²) in [5.41, 5.74) is -3.60. The summed E-state index contributed by atoms with van der Waals surface area (Å²) in [6, 6.07) is 0. The zero-order valence-corrected chi connectivity index (χ0v) is 7.57. The van der Waals surface area contributed by atoms with Crippen LogP contribution in [0, 0.1) is 29.2 Å². The van der Waals surface area contributed by atoms with Crippen LogP contribution in [-0.2, 0) is 0 Å². The van der Waals surface area contributed by atoms with Crippen LogP contribution in [0.3, 0.4) is 0 Å². The second kappa shape index (κ2) is 3.47. The lowest BCUT2D eigenvalue weighted by molar-refractivity contribution is 0.340. The summed E-state index contributed by atoms with van der Waals surface area (Å²) in [7, 11) is 0. The smallest absolute Gasteiger partial charge is 0.263 e. The van der Waals surface area contributed by atoms with Crippen molar-refractivity contribution in [1.29, 1.82) is 0 Å². The standard InChI is InChI=1S/C8F6N2O/c9-2-1-3(10)5(12)8(17)16(14)7(1)15-6(13)4(2)11. The molecule has 0 radical (unpaired) electrons. The molecule has 2 aromatic rings. The lowest BCUT2D eigenvalue weighted by atomic mass is 10.2. The minimum atomic E-state index is -2.26. The maximum atomic E-state index is 13.1. The average molecular weight is 254 g/mol. The lowest BCUT2D eigenvalue weighted by Gasteiger charge is -2.04. The summed E-state index contributed by atoms with van der Waals surface area (Å²) in [6.07, 6.45) is 0. The molecule has 0 aromatic carbocycles. The summed E-state index contributed by atoms with van der Waals surface area (Å²) < 4.78 is 77.3. The number of hydrogen-bond donors (Lipinski definition) is 0. The molecule has 0 fully saturated rings. The quantitative estimate of drug-likeness (QED) is 0.531. The highest BCUT2D eigenvalue weighted by atomic mass is 19.2. The van der Waals surface area contributed by atoms with Crippen molar-refractivity contribution in [2.24, 2.45) is 0 Å². The van der Waals surface area contributed by atoms with Crippen LogP contribution in [0.2, 0.25) is 0 Å². The molecular formula is C8F6N2O. The topological polar surface area (TPSA) is 34.9 Å². The van der Waals surface area contributed by atoms with Gasteiger partial charge in [-0.25, -0.2) is 8.78 Å². The van der Waals surface area contributed by atoms with E-state index in [1.807, 2.05) is 0 Å². The second-order valence-electron chi connectivity index (χ2n) is 2.94. The van der Waals surface area contributed by atoms with E-state index < -0.39 is 50.6 Å². The van der Waals surface area contributed by atoms with E-state index in [2.05, 4.69) is 4.98 Å². The molecule has 0 saturated carbocycles. The molecule has 2 rings (SSSR count). The van der Waals surface area contributed by atoms with Gasteiger partial charge >= 0.3 is 5.56 Å². The molecule has 0 spiro atoms. The van der Waals surface area contributed by atoms with E-state index in [4.69, 9.17) is 0 Å². The third kappa shape index (κ3) is 1.38. The summed E-state index contributed by atoms with van der Waals surface area (Å²) in [5.74, 6) is -10.8. The first-order valence-electron chi connectivity index (χ1n) is 3.96. The van der Waals surface area contributed by atoms with Crippen molar-refractivity contribution >= 4 is 11.0 Å². The second-order valence-corrected chi connectivity index (χ2v) is 2.94. The summed E-state index contributed by atoms with van der Waals surface area (Å²) >= 11 is 0. The van der Waals surface area contributed by atoms with Crippen LogP contribution >= 0.6 is 0 Å². The molecule has 0 aliphatic rings. The van der Waals surface area contributed by atoms with Gasteiger partial charge in [0, 0.05) is 0 Å². The number of hydrogen-bond acceptors (Lipinski definition) is 2. The predicted molar refractivity (Wildman–Crippen MR) is 42.3 cm³/mol. The van der Waals surface area contributed by atoms with Crippen LogP contribution < -0.4 is 5.56 Å². The van der Waals surface area contributed by atoms with Crippen molar-refractivity contribution in [1.82, 2.24) is 9.77 Å². The zero-order chi connectivity index (χ0) is 12.9. The highest BCUT2D eigenvalue weighted by Crippen LogP contribution is 2.23. The largest absolute Gasteiger partial charge is 0.319 e. The normalized spacial score (nSPS) is 11.2. The molecule has 0 saturated heterocycles. The molecule has 90 valence electrons. The van der Waals surface area contributed by atoms with E-state index in [0.717, 1.165) is 0 Å². The van der Waals surface area contributed by atoms with Crippen molar-refractivity contribution in [2.45, 2.75) is 0 Å². The van der Waals surface area contributed by atoms with Gasteiger partial charge in [0.05, 0.1) is 5.39 Å². The Morgan fingerprint density at radius 2 is 1.41 bits per heavy atom. The first-order valence-corrected chi connectivity index (χ1v) is 3.96. The number of rotatable bonds is 0. The monoisotopic (exact) mass is 254 g/mol. The Bertz CT molecular complexity index is 695. The van der Waals surface area contributed by atoms with Gasteiger partial charge in [0.1, 0.15) is 0 Å². The molecule has 0 atom stereocenters. The highest BCUT2D eigenvalue weighted by Gasteiger charge is 2.25. The third-order valence-corrected chi connectivity index (χ3v) is 1.99. The fourth-order valence-electron chi connectivity index (χ4n) is 1.22. The molecule has 3 nitrogen and oxygen atoms in total. The van der Waals surface area contributed by atoms with Crippen molar-refractivity contribution in [3.63, 3.8) is 0 Å². The van der Waals surface area contributed by atoms with Gasteiger partial charge in [0.25, 0.3) is 5.95 Å². The minimum Gasteiger partial charge on any atom is -0.263 e. The predicted octanol–water partition coefficient (Wildman–Crippen LogP) is 1.82. The van der Waals surface area contributed by atoms with Gasteiger partial charge in [-0.05, 0) is 0 Å². The molecule has 0 bridgehead atoms. The molecule has 2 aromatic heterocycles. The SMILES string of the molecule is O=c1c(F)c(F)c2c(F)c(F)c(F)nc2n1F.